The maximum absolute atomic E-state index is 11.8. The molecule has 1 unspecified atom stereocenters. The first-order valence-corrected chi connectivity index (χ1v) is 7.33. The van der Waals surface area contributed by atoms with Crippen LogP contribution in [-0.4, -0.2) is 39.7 Å². The number of nitrogens with zero attached hydrogens (tertiary/aromatic N) is 3. The molecule has 2 aromatic rings. The molecule has 1 amide bonds. The van der Waals surface area contributed by atoms with Gasteiger partial charge in [-0.05, 0) is 30.0 Å². The van der Waals surface area contributed by atoms with E-state index in [4.69, 9.17) is 11.6 Å². The van der Waals surface area contributed by atoms with Crippen molar-refractivity contribution in [3.63, 3.8) is 0 Å². The van der Waals surface area contributed by atoms with Crippen LogP contribution in [0.1, 0.15) is 12.0 Å². The average molecular weight is 290 g/mol. The molecular weight excluding hydrogens is 274 g/mol. The molecule has 1 aromatic heterocycles. The molecule has 1 aliphatic heterocycles. The van der Waals surface area contributed by atoms with Crippen molar-refractivity contribution in [1.29, 1.82) is 0 Å². The quantitative estimate of drug-likeness (QED) is 0.811. The van der Waals surface area contributed by atoms with Crippen LogP contribution in [0, 0.1) is 5.92 Å². The predicted molar refractivity (Wildman–Crippen MR) is 78.6 cm³/mol. The molecule has 0 aliphatic carbocycles. The van der Waals surface area contributed by atoms with Crippen LogP contribution in [0.2, 0.25) is 0 Å². The number of likely N-dealkylation sites (tertiary alicyclic amines) is 1. The number of amides is 1. The Balaban J connectivity index is 1.66. The number of rotatable bonds is 4. The van der Waals surface area contributed by atoms with Crippen LogP contribution in [-0.2, 0) is 11.2 Å². The lowest BCUT2D eigenvalue weighted by atomic mass is 10.1. The summed E-state index contributed by atoms with van der Waals surface area (Å²) in [6.45, 7) is 1.54. The smallest absolute Gasteiger partial charge is 0.222 e. The molecule has 0 spiro atoms. The number of halogens is 1. The van der Waals surface area contributed by atoms with E-state index in [1.54, 1.807) is 12.4 Å². The summed E-state index contributed by atoms with van der Waals surface area (Å²) in [7, 11) is 0. The van der Waals surface area contributed by atoms with Gasteiger partial charge < -0.3 is 4.90 Å². The number of carbonyl (C=O) groups excluding carboxylic acids is 1. The van der Waals surface area contributed by atoms with Crippen molar-refractivity contribution >= 4 is 28.5 Å². The first-order valence-electron chi connectivity index (χ1n) is 6.79. The lowest BCUT2D eigenvalue weighted by Crippen LogP contribution is -2.27. The van der Waals surface area contributed by atoms with E-state index in [0.29, 0.717) is 18.2 Å². The lowest BCUT2D eigenvalue weighted by molar-refractivity contribution is -0.127. The first kappa shape index (κ1) is 13.3. The second-order valence-corrected chi connectivity index (χ2v) is 5.50. The molecule has 1 fully saturated rings. The Morgan fingerprint density at radius 2 is 2.05 bits per heavy atom. The SMILES string of the molecule is O=C1CC(CCl)CN1CCc1ccc2nccnc2c1. The highest BCUT2D eigenvalue weighted by Gasteiger charge is 2.28. The molecule has 2 heterocycles. The van der Waals surface area contributed by atoms with Crippen LogP contribution in [0.25, 0.3) is 11.0 Å². The van der Waals surface area contributed by atoms with Crippen LogP contribution in [0.3, 0.4) is 0 Å². The first-order chi connectivity index (χ1) is 9.76. The van der Waals surface area contributed by atoms with Crippen LogP contribution in [0.5, 0.6) is 0 Å². The Morgan fingerprint density at radius 3 is 2.80 bits per heavy atom. The van der Waals surface area contributed by atoms with Crippen molar-refractivity contribution in [2.45, 2.75) is 12.8 Å². The van der Waals surface area contributed by atoms with Crippen molar-refractivity contribution < 1.29 is 4.79 Å². The van der Waals surface area contributed by atoms with E-state index in [2.05, 4.69) is 16.0 Å². The number of alkyl halides is 1. The third-order valence-corrected chi connectivity index (χ3v) is 4.15. The van der Waals surface area contributed by atoms with Gasteiger partial charge in [-0.1, -0.05) is 6.07 Å². The van der Waals surface area contributed by atoms with Gasteiger partial charge in [-0.2, -0.15) is 0 Å². The van der Waals surface area contributed by atoms with Crippen molar-refractivity contribution in [3.05, 3.63) is 36.2 Å². The molecule has 20 heavy (non-hydrogen) atoms. The van der Waals surface area contributed by atoms with Gasteiger partial charge in [0.15, 0.2) is 0 Å². The fraction of sp³-hybridized carbons (Fsp3) is 0.400. The van der Waals surface area contributed by atoms with Gasteiger partial charge >= 0.3 is 0 Å². The van der Waals surface area contributed by atoms with Gasteiger partial charge in [0, 0.05) is 37.8 Å². The number of aromatic nitrogens is 2. The summed E-state index contributed by atoms with van der Waals surface area (Å²) in [5, 5.41) is 0. The zero-order valence-corrected chi connectivity index (χ0v) is 11.9. The van der Waals surface area contributed by atoms with E-state index in [9.17, 15) is 4.79 Å². The van der Waals surface area contributed by atoms with Gasteiger partial charge in [0.1, 0.15) is 0 Å². The van der Waals surface area contributed by atoms with E-state index in [0.717, 1.165) is 30.5 Å². The van der Waals surface area contributed by atoms with Crippen LogP contribution in [0.4, 0.5) is 0 Å². The molecule has 1 aliphatic rings. The van der Waals surface area contributed by atoms with Gasteiger partial charge in [-0.3, -0.25) is 14.8 Å². The van der Waals surface area contributed by atoms with E-state index >= 15 is 0 Å². The molecular formula is C15H16ClN3O. The second kappa shape index (κ2) is 5.75. The van der Waals surface area contributed by atoms with E-state index in [-0.39, 0.29) is 5.91 Å². The van der Waals surface area contributed by atoms with Crippen LogP contribution >= 0.6 is 11.6 Å². The summed E-state index contributed by atoms with van der Waals surface area (Å²) in [6, 6.07) is 6.07. The van der Waals surface area contributed by atoms with Crippen molar-refractivity contribution in [2.24, 2.45) is 5.92 Å². The highest BCUT2D eigenvalue weighted by molar-refractivity contribution is 6.18. The fourth-order valence-electron chi connectivity index (χ4n) is 2.60. The summed E-state index contributed by atoms with van der Waals surface area (Å²) in [5.41, 5.74) is 2.98. The van der Waals surface area contributed by atoms with Crippen LogP contribution < -0.4 is 0 Å². The highest BCUT2D eigenvalue weighted by Crippen LogP contribution is 2.19. The Bertz CT molecular complexity index is 631. The number of hydrogen-bond acceptors (Lipinski definition) is 3. The average Bonchev–Trinajstić information content (AvgIpc) is 2.85. The van der Waals surface area contributed by atoms with E-state index < -0.39 is 0 Å². The summed E-state index contributed by atoms with van der Waals surface area (Å²) < 4.78 is 0. The number of hydrogen-bond donors (Lipinski definition) is 0. The van der Waals surface area contributed by atoms with Gasteiger partial charge in [0.2, 0.25) is 5.91 Å². The third-order valence-electron chi connectivity index (χ3n) is 3.72. The Labute approximate surface area is 122 Å². The maximum atomic E-state index is 11.8. The van der Waals surface area contributed by atoms with Crippen LogP contribution in [0.15, 0.2) is 30.6 Å². The lowest BCUT2D eigenvalue weighted by Gasteiger charge is -2.16. The predicted octanol–water partition coefficient (Wildman–Crippen LogP) is 2.26. The molecule has 1 saturated heterocycles. The van der Waals surface area contributed by atoms with Gasteiger partial charge in [0.05, 0.1) is 11.0 Å². The molecule has 0 N–H and O–H groups in total. The van der Waals surface area contributed by atoms with Gasteiger partial charge in [-0.25, -0.2) is 0 Å². The number of fused-ring (bicyclic) bond motifs is 1. The molecule has 5 heteroatoms. The molecule has 4 nitrogen and oxygen atoms in total. The molecule has 104 valence electrons. The largest absolute Gasteiger partial charge is 0.342 e. The standard InChI is InChI=1S/C15H16ClN3O/c16-9-12-8-15(20)19(10-12)6-3-11-1-2-13-14(7-11)18-5-4-17-13/h1-2,4-5,7,12H,3,6,8-10H2. The van der Waals surface area contributed by atoms with E-state index in [1.807, 2.05) is 17.0 Å². The maximum Gasteiger partial charge on any atom is 0.222 e. The fourth-order valence-corrected chi connectivity index (χ4v) is 2.81. The summed E-state index contributed by atoms with van der Waals surface area (Å²) >= 11 is 5.83. The second-order valence-electron chi connectivity index (χ2n) is 5.19. The molecule has 0 bridgehead atoms. The Morgan fingerprint density at radius 1 is 1.25 bits per heavy atom. The molecule has 0 radical (unpaired) electrons. The van der Waals surface area contributed by atoms with Gasteiger partial charge in [-0.15, -0.1) is 11.6 Å². The molecule has 1 atom stereocenters. The molecule has 3 rings (SSSR count). The summed E-state index contributed by atoms with van der Waals surface area (Å²) in [5.74, 6) is 1.09. The summed E-state index contributed by atoms with van der Waals surface area (Å²) in [6.07, 6.45) is 4.82. The minimum absolute atomic E-state index is 0.219. The molecule has 1 aromatic carbocycles. The third kappa shape index (κ3) is 2.75. The molecule has 0 saturated carbocycles. The Hall–Kier alpha value is -1.68. The number of carbonyl (C=O) groups is 1. The summed E-state index contributed by atoms with van der Waals surface area (Å²) in [4.78, 5) is 22.3. The minimum Gasteiger partial charge on any atom is -0.342 e. The van der Waals surface area contributed by atoms with Crippen molar-refractivity contribution in [1.82, 2.24) is 14.9 Å². The van der Waals surface area contributed by atoms with Crippen molar-refractivity contribution in [2.75, 3.05) is 19.0 Å². The topological polar surface area (TPSA) is 46.1 Å². The van der Waals surface area contributed by atoms with Gasteiger partial charge in [0.25, 0.3) is 0 Å². The normalized spacial score (nSPS) is 18.9. The van der Waals surface area contributed by atoms with E-state index in [1.165, 1.54) is 5.56 Å². The monoisotopic (exact) mass is 289 g/mol. The zero-order chi connectivity index (χ0) is 13.9. The Kier molecular flexibility index (Phi) is 3.83. The van der Waals surface area contributed by atoms with Crippen molar-refractivity contribution in [3.8, 4) is 0 Å². The number of benzene rings is 1. The minimum atomic E-state index is 0.219. The highest BCUT2D eigenvalue weighted by atomic mass is 35.5. The zero-order valence-electron chi connectivity index (χ0n) is 11.1.